The molecule has 27 heavy (non-hydrogen) atoms. The lowest BCUT2D eigenvalue weighted by Crippen LogP contribution is -2.01. The van der Waals surface area contributed by atoms with Crippen molar-refractivity contribution in [3.8, 4) is 5.69 Å². The van der Waals surface area contributed by atoms with Gasteiger partial charge in [0.1, 0.15) is 0 Å². The summed E-state index contributed by atoms with van der Waals surface area (Å²) >= 11 is 0. The van der Waals surface area contributed by atoms with Crippen LogP contribution in [0.5, 0.6) is 0 Å². The summed E-state index contributed by atoms with van der Waals surface area (Å²) in [6, 6.07) is 8.51. The molecule has 0 spiro atoms. The van der Waals surface area contributed by atoms with Gasteiger partial charge in [0.05, 0.1) is 10.5 Å². The molecule has 0 saturated heterocycles. The molecular formula is C19H17N3O5. The molecule has 2 aromatic heterocycles. The summed E-state index contributed by atoms with van der Waals surface area (Å²) < 4.78 is 7.01. The Labute approximate surface area is 154 Å². The maximum atomic E-state index is 11.1. The maximum absolute atomic E-state index is 11.1. The number of carboxylic acids is 1. The number of aromatic carboxylic acids is 1. The second kappa shape index (κ2) is 6.91. The summed E-state index contributed by atoms with van der Waals surface area (Å²) in [5.74, 6) is -0.886. The van der Waals surface area contributed by atoms with Gasteiger partial charge in [-0.05, 0) is 68.8 Å². The summed E-state index contributed by atoms with van der Waals surface area (Å²) in [5.41, 5.74) is 3.83. The van der Waals surface area contributed by atoms with Crippen molar-refractivity contribution < 1.29 is 19.3 Å². The van der Waals surface area contributed by atoms with E-state index in [0.29, 0.717) is 0 Å². The molecule has 8 nitrogen and oxygen atoms in total. The van der Waals surface area contributed by atoms with E-state index in [1.54, 1.807) is 30.3 Å². The Morgan fingerprint density at radius 1 is 1.22 bits per heavy atom. The molecule has 0 saturated carbocycles. The number of carbonyl (C=O) groups is 1. The van der Waals surface area contributed by atoms with Crippen molar-refractivity contribution in [2.45, 2.75) is 20.8 Å². The molecule has 0 amide bonds. The predicted octanol–water partition coefficient (Wildman–Crippen LogP) is 4.17. The second-order valence-electron chi connectivity index (χ2n) is 6.09. The summed E-state index contributed by atoms with van der Waals surface area (Å²) in [7, 11) is 0. The van der Waals surface area contributed by atoms with Crippen molar-refractivity contribution >= 4 is 23.8 Å². The summed E-state index contributed by atoms with van der Waals surface area (Å²) in [6.07, 6.45) is 3.26. The van der Waals surface area contributed by atoms with Crippen molar-refractivity contribution in [3.63, 3.8) is 0 Å². The highest BCUT2D eigenvalue weighted by atomic mass is 16.6. The predicted molar refractivity (Wildman–Crippen MR) is 99.0 cm³/mol. The van der Waals surface area contributed by atoms with E-state index < -0.39 is 10.9 Å². The van der Waals surface area contributed by atoms with Gasteiger partial charge < -0.3 is 14.2 Å². The van der Waals surface area contributed by atoms with Crippen LogP contribution in [0.2, 0.25) is 0 Å². The van der Waals surface area contributed by atoms with E-state index in [4.69, 9.17) is 9.63 Å². The number of hydrogen-bond donors (Lipinski definition) is 1. The van der Waals surface area contributed by atoms with Crippen LogP contribution in [0.4, 0.5) is 5.69 Å². The third-order valence-electron chi connectivity index (χ3n) is 4.30. The quantitative estimate of drug-likeness (QED) is 0.535. The Hall–Kier alpha value is -3.68. The van der Waals surface area contributed by atoms with Gasteiger partial charge in [-0.15, -0.1) is 0 Å². The molecule has 0 atom stereocenters. The van der Waals surface area contributed by atoms with Gasteiger partial charge in [-0.1, -0.05) is 5.16 Å². The zero-order valence-corrected chi connectivity index (χ0v) is 15.0. The van der Waals surface area contributed by atoms with E-state index >= 15 is 0 Å². The van der Waals surface area contributed by atoms with Crippen molar-refractivity contribution in [1.82, 2.24) is 9.72 Å². The number of carboxylic acid groups (broad SMARTS) is 1. The molecule has 138 valence electrons. The molecule has 0 unspecified atom stereocenters. The van der Waals surface area contributed by atoms with E-state index in [1.165, 1.54) is 13.0 Å². The van der Waals surface area contributed by atoms with Gasteiger partial charge in [-0.3, -0.25) is 10.1 Å². The molecule has 0 fully saturated rings. The maximum Gasteiger partial charge on any atom is 0.338 e. The second-order valence-corrected chi connectivity index (χ2v) is 6.09. The molecule has 0 bridgehead atoms. The third kappa shape index (κ3) is 3.37. The van der Waals surface area contributed by atoms with Crippen LogP contribution in [0.15, 0.2) is 34.9 Å². The first-order valence-electron chi connectivity index (χ1n) is 8.11. The minimum Gasteiger partial charge on any atom is -0.478 e. The van der Waals surface area contributed by atoms with Crippen LogP contribution in [0.3, 0.4) is 0 Å². The Morgan fingerprint density at radius 2 is 1.89 bits per heavy atom. The molecule has 8 heteroatoms. The lowest BCUT2D eigenvalue weighted by atomic mass is 10.2. The van der Waals surface area contributed by atoms with Gasteiger partial charge in [-0.25, -0.2) is 4.79 Å². The number of rotatable bonds is 5. The average molecular weight is 367 g/mol. The fourth-order valence-corrected chi connectivity index (χ4v) is 2.99. The molecule has 0 aliphatic heterocycles. The number of hydrogen-bond acceptors (Lipinski definition) is 5. The van der Waals surface area contributed by atoms with E-state index in [-0.39, 0.29) is 22.7 Å². The minimum absolute atomic E-state index is 0.0908. The molecule has 1 N–H and O–H groups in total. The lowest BCUT2D eigenvalue weighted by Gasteiger charge is -2.09. The minimum atomic E-state index is -0.977. The Morgan fingerprint density at radius 3 is 2.48 bits per heavy atom. The molecule has 3 aromatic rings. The normalized spacial score (nSPS) is 11.2. The van der Waals surface area contributed by atoms with Crippen LogP contribution in [0.25, 0.3) is 17.8 Å². The Bertz CT molecular complexity index is 1060. The van der Waals surface area contributed by atoms with E-state index in [1.807, 2.05) is 24.5 Å². The van der Waals surface area contributed by atoms with E-state index in [9.17, 15) is 14.9 Å². The van der Waals surface area contributed by atoms with Crippen LogP contribution >= 0.6 is 0 Å². The van der Waals surface area contributed by atoms with Crippen LogP contribution in [0, 0.1) is 30.9 Å². The molecule has 3 rings (SSSR count). The average Bonchev–Trinajstić information content (AvgIpc) is 3.12. The number of benzene rings is 1. The van der Waals surface area contributed by atoms with Gasteiger partial charge in [-0.2, -0.15) is 0 Å². The number of nitro groups is 1. The van der Waals surface area contributed by atoms with Crippen LogP contribution in [0.1, 0.15) is 38.8 Å². The third-order valence-corrected chi connectivity index (χ3v) is 4.30. The summed E-state index contributed by atoms with van der Waals surface area (Å²) in [6.45, 7) is 5.36. The first-order valence-corrected chi connectivity index (χ1v) is 8.11. The van der Waals surface area contributed by atoms with Crippen LogP contribution < -0.4 is 0 Å². The molecule has 0 aliphatic carbocycles. The molecule has 1 aromatic carbocycles. The highest BCUT2D eigenvalue weighted by Gasteiger charge is 2.22. The van der Waals surface area contributed by atoms with Crippen molar-refractivity contribution in [2.24, 2.45) is 0 Å². The standard InChI is InChI=1S/C19H17N3O5/c1-11-10-15(6-9-17-18(22(25)26)12(2)20-27-17)13(3)21(11)16-7-4-14(5-8-16)19(23)24/h4-10H,1-3H3,(H,23,24)/b9-6+. The fourth-order valence-electron chi connectivity index (χ4n) is 2.99. The van der Waals surface area contributed by atoms with Crippen LogP contribution in [-0.2, 0) is 0 Å². The highest BCUT2D eigenvalue weighted by molar-refractivity contribution is 5.87. The van der Waals surface area contributed by atoms with Gasteiger partial charge in [0.25, 0.3) is 0 Å². The van der Waals surface area contributed by atoms with Crippen molar-refractivity contribution in [3.05, 3.63) is 74.4 Å². The summed E-state index contributed by atoms with van der Waals surface area (Å²) in [4.78, 5) is 21.6. The van der Waals surface area contributed by atoms with E-state index in [0.717, 1.165) is 22.6 Å². The first kappa shape index (κ1) is 18.1. The topological polar surface area (TPSA) is 111 Å². The monoisotopic (exact) mass is 367 g/mol. The first-order chi connectivity index (χ1) is 12.8. The molecule has 2 heterocycles. The lowest BCUT2D eigenvalue weighted by molar-refractivity contribution is -0.386. The molecule has 0 radical (unpaired) electrons. The van der Waals surface area contributed by atoms with Crippen molar-refractivity contribution in [1.29, 1.82) is 0 Å². The smallest absolute Gasteiger partial charge is 0.338 e. The molecule has 0 aliphatic rings. The summed E-state index contributed by atoms with van der Waals surface area (Å²) in [5, 5.41) is 23.8. The van der Waals surface area contributed by atoms with Crippen LogP contribution in [-0.4, -0.2) is 25.7 Å². The fraction of sp³-hybridized carbons (Fsp3) is 0.158. The molecular weight excluding hydrogens is 350 g/mol. The van der Waals surface area contributed by atoms with Gasteiger partial charge in [0.15, 0.2) is 5.69 Å². The van der Waals surface area contributed by atoms with Gasteiger partial charge in [0.2, 0.25) is 5.76 Å². The van der Waals surface area contributed by atoms with E-state index in [2.05, 4.69) is 5.16 Å². The highest BCUT2D eigenvalue weighted by Crippen LogP contribution is 2.27. The number of aromatic nitrogens is 2. The zero-order valence-electron chi connectivity index (χ0n) is 15.0. The Kier molecular flexibility index (Phi) is 4.64. The number of aryl methyl sites for hydroxylation is 2. The van der Waals surface area contributed by atoms with Crippen molar-refractivity contribution in [2.75, 3.05) is 0 Å². The van der Waals surface area contributed by atoms with Gasteiger partial charge >= 0.3 is 11.7 Å². The Balaban J connectivity index is 1.97. The van der Waals surface area contributed by atoms with Gasteiger partial charge in [0, 0.05) is 17.1 Å². The zero-order chi connectivity index (χ0) is 19.7. The number of nitrogens with zero attached hydrogens (tertiary/aromatic N) is 3. The SMILES string of the molecule is Cc1noc(/C=C/c2cc(C)n(-c3ccc(C(=O)O)cc3)c2C)c1[N+](=O)[O-]. The largest absolute Gasteiger partial charge is 0.478 e.